The summed E-state index contributed by atoms with van der Waals surface area (Å²) >= 11 is 0. The first-order valence-corrected chi connectivity index (χ1v) is 11.0. The minimum atomic E-state index is -3.76. The van der Waals surface area contributed by atoms with E-state index in [0.717, 1.165) is 17.7 Å². The van der Waals surface area contributed by atoms with Gasteiger partial charge in [0.25, 0.3) is 5.91 Å². The smallest absolute Gasteiger partial charge is 0.262 e. The summed E-state index contributed by atoms with van der Waals surface area (Å²) in [6.07, 6.45) is 0.667. The summed E-state index contributed by atoms with van der Waals surface area (Å²) in [6.45, 7) is 3.63. The van der Waals surface area contributed by atoms with Crippen molar-refractivity contribution in [3.8, 4) is 5.75 Å². The van der Waals surface area contributed by atoms with Gasteiger partial charge in [-0.2, -0.15) is 0 Å². The number of ether oxygens (including phenoxy) is 1. The molecule has 0 spiro atoms. The zero-order valence-corrected chi connectivity index (χ0v) is 17.1. The average molecular weight is 414 g/mol. The van der Waals surface area contributed by atoms with Crippen LogP contribution in [0.15, 0.2) is 41.3 Å². The van der Waals surface area contributed by atoms with Crippen molar-refractivity contribution in [1.29, 1.82) is 0 Å². The van der Waals surface area contributed by atoms with E-state index in [0.29, 0.717) is 23.5 Å². The number of hydrogen-bond acceptors (Lipinski definition) is 5. The average Bonchev–Trinajstić information content (AvgIpc) is 3.11. The van der Waals surface area contributed by atoms with Crippen LogP contribution in [0.25, 0.3) is 0 Å². The summed E-state index contributed by atoms with van der Waals surface area (Å²) < 4.78 is 31.7. The first-order chi connectivity index (χ1) is 13.8. The molecule has 2 aliphatic heterocycles. The lowest BCUT2D eigenvalue weighted by Gasteiger charge is -2.23. The summed E-state index contributed by atoms with van der Waals surface area (Å²) in [5, 5.41) is 1.78. The molecule has 2 aliphatic rings. The molecule has 0 bridgehead atoms. The second-order valence-corrected chi connectivity index (χ2v) is 9.77. The maximum atomic E-state index is 13.2. The minimum absolute atomic E-state index is 0.106. The summed E-state index contributed by atoms with van der Waals surface area (Å²) in [7, 11) is -3.76. The van der Waals surface area contributed by atoms with E-state index in [1.807, 2.05) is 24.3 Å². The molecule has 152 valence electrons. The van der Waals surface area contributed by atoms with Crippen LogP contribution in [0.5, 0.6) is 5.75 Å². The number of para-hydroxylation sites is 1. The van der Waals surface area contributed by atoms with Crippen LogP contribution < -0.4 is 15.0 Å². The molecule has 0 unspecified atom stereocenters. The molecule has 0 aromatic heterocycles. The minimum Gasteiger partial charge on any atom is -0.482 e. The molecule has 29 heavy (non-hydrogen) atoms. The standard InChI is InChI=1S/C21H22N2O5S/c1-13-9-16-18(28-12-20(24)22-16)11-19(13)29(26,27)14(2)10-21(25)23-8-7-15-5-3-4-6-17(15)23/h3-6,9,11,14H,7-8,10,12H2,1-2H3,(H,22,24)/t14-/m1/s1. The van der Waals surface area contributed by atoms with Crippen LogP contribution in [0.4, 0.5) is 11.4 Å². The lowest BCUT2D eigenvalue weighted by atomic mass is 10.2. The largest absolute Gasteiger partial charge is 0.482 e. The number of sulfone groups is 1. The highest BCUT2D eigenvalue weighted by Crippen LogP contribution is 2.35. The van der Waals surface area contributed by atoms with Crippen molar-refractivity contribution < 1.29 is 22.7 Å². The second kappa shape index (κ2) is 7.18. The topological polar surface area (TPSA) is 92.8 Å². The molecule has 7 nitrogen and oxygen atoms in total. The van der Waals surface area contributed by atoms with Gasteiger partial charge in [0.05, 0.1) is 15.8 Å². The molecule has 2 heterocycles. The quantitative estimate of drug-likeness (QED) is 0.830. The molecule has 8 heteroatoms. The zero-order chi connectivity index (χ0) is 20.8. The van der Waals surface area contributed by atoms with Crippen molar-refractivity contribution in [3.63, 3.8) is 0 Å². The van der Waals surface area contributed by atoms with Crippen LogP contribution in [0.3, 0.4) is 0 Å². The van der Waals surface area contributed by atoms with E-state index in [1.165, 1.54) is 6.07 Å². The molecule has 0 fully saturated rings. The predicted molar refractivity (Wildman–Crippen MR) is 109 cm³/mol. The molecule has 4 rings (SSSR count). The Balaban J connectivity index is 1.56. The molecule has 1 atom stereocenters. The first kappa shape index (κ1) is 19.4. The normalized spacial score (nSPS) is 16.5. The molecular formula is C21H22N2O5S. The van der Waals surface area contributed by atoms with E-state index in [2.05, 4.69) is 5.32 Å². The number of benzene rings is 2. The van der Waals surface area contributed by atoms with Crippen molar-refractivity contribution >= 4 is 33.0 Å². The Morgan fingerprint density at radius 3 is 2.83 bits per heavy atom. The van der Waals surface area contributed by atoms with Crippen LogP contribution >= 0.6 is 0 Å². The van der Waals surface area contributed by atoms with Crippen molar-refractivity contribution in [3.05, 3.63) is 47.5 Å². The number of anilines is 2. The number of hydrogen-bond donors (Lipinski definition) is 1. The number of aryl methyl sites for hydroxylation is 1. The molecule has 1 N–H and O–H groups in total. The molecule has 0 saturated heterocycles. The van der Waals surface area contributed by atoms with E-state index >= 15 is 0 Å². The van der Waals surface area contributed by atoms with Crippen molar-refractivity contribution in [2.75, 3.05) is 23.4 Å². The van der Waals surface area contributed by atoms with Crippen molar-refractivity contribution in [2.45, 2.75) is 36.8 Å². The number of fused-ring (bicyclic) bond motifs is 2. The van der Waals surface area contributed by atoms with E-state index in [4.69, 9.17) is 4.74 Å². The number of carbonyl (C=O) groups excluding carboxylic acids is 2. The van der Waals surface area contributed by atoms with Gasteiger partial charge in [0.2, 0.25) is 5.91 Å². The summed E-state index contributed by atoms with van der Waals surface area (Å²) in [5.74, 6) is -0.164. The van der Waals surface area contributed by atoms with E-state index < -0.39 is 15.1 Å². The van der Waals surface area contributed by atoms with Gasteiger partial charge >= 0.3 is 0 Å². The SMILES string of the molecule is Cc1cc2c(cc1S(=O)(=O)[C@H](C)CC(=O)N1CCc3ccccc31)OCC(=O)N2. The third-order valence-electron chi connectivity index (χ3n) is 5.40. The van der Waals surface area contributed by atoms with Gasteiger partial charge in [-0.25, -0.2) is 8.42 Å². The van der Waals surface area contributed by atoms with Gasteiger partial charge in [0, 0.05) is 24.7 Å². The molecule has 2 amide bonds. The van der Waals surface area contributed by atoms with Gasteiger partial charge in [-0.3, -0.25) is 9.59 Å². The summed E-state index contributed by atoms with van der Waals surface area (Å²) in [6, 6.07) is 10.7. The molecular weight excluding hydrogens is 392 g/mol. The highest BCUT2D eigenvalue weighted by atomic mass is 32.2. The molecule has 0 saturated carbocycles. The van der Waals surface area contributed by atoms with Crippen LogP contribution in [-0.2, 0) is 25.8 Å². The number of nitrogens with zero attached hydrogens (tertiary/aromatic N) is 1. The van der Waals surface area contributed by atoms with Gasteiger partial charge in [-0.1, -0.05) is 18.2 Å². The van der Waals surface area contributed by atoms with Crippen molar-refractivity contribution in [1.82, 2.24) is 0 Å². The Hall–Kier alpha value is -2.87. The van der Waals surface area contributed by atoms with E-state index in [-0.39, 0.29) is 29.7 Å². The lowest BCUT2D eigenvalue weighted by Crippen LogP contribution is -2.33. The highest BCUT2D eigenvalue weighted by Gasteiger charge is 2.32. The van der Waals surface area contributed by atoms with Crippen molar-refractivity contribution in [2.24, 2.45) is 0 Å². The predicted octanol–water partition coefficient (Wildman–Crippen LogP) is 2.47. The molecule has 2 aromatic rings. The number of amides is 2. The second-order valence-electron chi connectivity index (χ2n) is 7.43. The number of rotatable bonds is 4. The van der Waals surface area contributed by atoms with Crippen LogP contribution in [-0.4, -0.2) is 38.6 Å². The van der Waals surface area contributed by atoms with Crippen LogP contribution in [0, 0.1) is 6.92 Å². The fraction of sp³-hybridized carbons (Fsp3) is 0.333. The van der Waals surface area contributed by atoms with Gasteiger partial charge in [0.1, 0.15) is 5.75 Å². The van der Waals surface area contributed by atoms with E-state index in [1.54, 1.807) is 24.8 Å². The van der Waals surface area contributed by atoms with E-state index in [9.17, 15) is 18.0 Å². The fourth-order valence-electron chi connectivity index (χ4n) is 3.80. The van der Waals surface area contributed by atoms with Gasteiger partial charge in [-0.05, 0) is 43.5 Å². The fourth-order valence-corrected chi connectivity index (χ4v) is 5.38. The first-order valence-electron chi connectivity index (χ1n) is 9.47. The third kappa shape index (κ3) is 3.48. The summed E-state index contributed by atoms with van der Waals surface area (Å²) in [5.41, 5.74) is 2.91. The highest BCUT2D eigenvalue weighted by molar-refractivity contribution is 7.92. The lowest BCUT2D eigenvalue weighted by molar-refractivity contribution is -0.119. The third-order valence-corrected chi connectivity index (χ3v) is 7.68. The monoisotopic (exact) mass is 414 g/mol. The van der Waals surface area contributed by atoms with Gasteiger partial charge in [-0.15, -0.1) is 0 Å². The Kier molecular flexibility index (Phi) is 4.82. The Morgan fingerprint density at radius 1 is 1.28 bits per heavy atom. The Labute approximate surface area is 169 Å². The van der Waals surface area contributed by atoms with Crippen LogP contribution in [0.1, 0.15) is 24.5 Å². The van der Waals surface area contributed by atoms with Crippen LogP contribution in [0.2, 0.25) is 0 Å². The maximum Gasteiger partial charge on any atom is 0.262 e. The Morgan fingerprint density at radius 2 is 2.03 bits per heavy atom. The molecule has 2 aromatic carbocycles. The van der Waals surface area contributed by atoms with Gasteiger partial charge < -0.3 is 15.0 Å². The summed E-state index contributed by atoms with van der Waals surface area (Å²) in [4.78, 5) is 26.1. The molecule has 0 radical (unpaired) electrons. The maximum absolute atomic E-state index is 13.2. The number of nitrogens with one attached hydrogen (secondary N) is 1. The number of carbonyl (C=O) groups is 2. The molecule has 0 aliphatic carbocycles. The Bertz CT molecular complexity index is 1110. The van der Waals surface area contributed by atoms with Gasteiger partial charge in [0.15, 0.2) is 16.4 Å². The zero-order valence-electron chi connectivity index (χ0n) is 16.3.